The van der Waals surface area contributed by atoms with Crippen LogP contribution in [0.3, 0.4) is 0 Å². The Balaban J connectivity index is 2.06. The van der Waals surface area contributed by atoms with Crippen LogP contribution in [0.2, 0.25) is 5.02 Å². The Hall–Kier alpha value is -1.29. The minimum absolute atomic E-state index is 0.0892. The van der Waals surface area contributed by atoms with Crippen molar-refractivity contribution in [1.82, 2.24) is 4.98 Å². The molecule has 1 aromatic rings. The highest BCUT2D eigenvalue weighted by Crippen LogP contribution is 2.25. The maximum absolute atomic E-state index is 11.0. The molecule has 1 heterocycles. The molecule has 0 bridgehead atoms. The van der Waals surface area contributed by atoms with Crippen LogP contribution >= 0.6 is 11.6 Å². The topological polar surface area (TPSA) is 62.2 Å². The van der Waals surface area contributed by atoms with Crippen molar-refractivity contribution in [3.8, 4) is 0 Å². The first-order chi connectivity index (χ1) is 9.06. The molecule has 2 unspecified atom stereocenters. The molecule has 19 heavy (non-hydrogen) atoms. The Morgan fingerprint density at radius 1 is 1.37 bits per heavy atom. The number of carbonyl (C=O) groups is 1. The van der Waals surface area contributed by atoms with Gasteiger partial charge < -0.3 is 10.4 Å². The van der Waals surface area contributed by atoms with Gasteiger partial charge in [-0.1, -0.05) is 31.4 Å². The number of rotatable bonds is 3. The van der Waals surface area contributed by atoms with Gasteiger partial charge in [0.1, 0.15) is 5.82 Å². The third-order valence-electron chi connectivity index (χ3n) is 3.66. The molecule has 0 amide bonds. The van der Waals surface area contributed by atoms with Crippen LogP contribution in [0.25, 0.3) is 0 Å². The van der Waals surface area contributed by atoms with Crippen molar-refractivity contribution in [2.45, 2.75) is 45.1 Å². The number of nitrogens with one attached hydrogen (secondary N) is 1. The van der Waals surface area contributed by atoms with E-state index in [0.29, 0.717) is 11.9 Å². The van der Waals surface area contributed by atoms with Gasteiger partial charge in [-0.05, 0) is 37.3 Å². The third-order valence-corrected chi connectivity index (χ3v) is 3.96. The molecule has 0 radical (unpaired) electrons. The lowest BCUT2D eigenvalue weighted by Crippen LogP contribution is -2.20. The molecule has 104 valence electrons. The summed E-state index contributed by atoms with van der Waals surface area (Å²) in [6.07, 6.45) is 5.90. The zero-order chi connectivity index (χ0) is 13.8. The van der Waals surface area contributed by atoms with Crippen LogP contribution in [0, 0.1) is 5.92 Å². The Labute approximate surface area is 118 Å². The van der Waals surface area contributed by atoms with E-state index in [1.807, 2.05) is 0 Å². The standard InChI is InChI=1S/C14H19ClN2O2/c1-9-3-2-4-10(6-5-9)16-12-8-7-11(15)13(17-12)14(18)19/h7-10H,2-6H2,1H3,(H,16,17)(H,18,19). The maximum atomic E-state index is 11.0. The van der Waals surface area contributed by atoms with Crippen molar-refractivity contribution in [3.63, 3.8) is 0 Å². The lowest BCUT2D eigenvalue weighted by molar-refractivity contribution is 0.0691. The largest absolute Gasteiger partial charge is 0.476 e. The van der Waals surface area contributed by atoms with Crippen LogP contribution in [0.5, 0.6) is 0 Å². The summed E-state index contributed by atoms with van der Waals surface area (Å²) in [5, 5.41) is 12.5. The number of carboxylic acid groups (broad SMARTS) is 1. The van der Waals surface area contributed by atoms with Crippen LogP contribution in [0.1, 0.15) is 49.5 Å². The molecule has 0 spiro atoms. The molecule has 0 aromatic carbocycles. The summed E-state index contributed by atoms with van der Waals surface area (Å²) in [5.41, 5.74) is -0.0892. The van der Waals surface area contributed by atoms with Gasteiger partial charge in [0.05, 0.1) is 5.02 Å². The maximum Gasteiger partial charge on any atom is 0.356 e. The zero-order valence-electron chi connectivity index (χ0n) is 11.0. The van der Waals surface area contributed by atoms with Crippen LogP contribution in [0.4, 0.5) is 5.82 Å². The lowest BCUT2D eigenvalue weighted by Gasteiger charge is -2.17. The molecule has 2 rings (SSSR count). The summed E-state index contributed by atoms with van der Waals surface area (Å²) in [6, 6.07) is 3.70. The van der Waals surface area contributed by atoms with E-state index in [4.69, 9.17) is 16.7 Å². The van der Waals surface area contributed by atoms with Crippen molar-refractivity contribution in [1.29, 1.82) is 0 Å². The Kier molecular flexibility index (Phi) is 4.64. The Morgan fingerprint density at radius 3 is 2.89 bits per heavy atom. The first-order valence-corrected chi connectivity index (χ1v) is 7.10. The molecule has 2 atom stereocenters. The number of aromatic nitrogens is 1. The predicted molar refractivity (Wildman–Crippen MR) is 75.9 cm³/mol. The highest BCUT2D eigenvalue weighted by Gasteiger charge is 2.17. The molecule has 0 aliphatic heterocycles. The van der Waals surface area contributed by atoms with Crippen molar-refractivity contribution < 1.29 is 9.90 Å². The number of carboxylic acids is 1. The van der Waals surface area contributed by atoms with E-state index < -0.39 is 5.97 Å². The number of anilines is 1. The van der Waals surface area contributed by atoms with Crippen molar-refractivity contribution in [2.75, 3.05) is 5.32 Å². The van der Waals surface area contributed by atoms with Gasteiger partial charge in [-0.2, -0.15) is 0 Å². The van der Waals surface area contributed by atoms with Crippen molar-refractivity contribution in [3.05, 3.63) is 22.8 Å². The highest BCUT2D eigenvalue weighted by atomic mass is 35.5. The van der Waals surface area contributed by atoms with Crippen LogP contribution in [0.15, 0.2) is 12.1 Å². The molecule has 0 saturated heterocycles. The van der Waals surface area contributed by atoms with E-state index in [1.165, 1.54) is 19.3 Å². The minimum atomic E-state index is -1.09. The molecular formula is C14H19ClN2O2. The van der Waals surface area contributed by atoms with Gasteiger partial charge in [0.2, 0.25) is 0 Å². The SMILES string of the molecule is CC1CCCC(Nc2ccc(Cl)c(C(=O)O)n2)CC1. The van der Waals surface area contributed by atoms with E-state index in [2.05, 4.69) is 17.2 Å². The normalized spacial score (nSPS) is 23.7. The van der Waals surface area contributed by atoms with Crippen LogP contribution in [-0.4, -0.2) is 22.1 Å². The van der Waals surface area contributed by atoms with Crippen LogP contribution in [-0.2, 0) is 0 Å². The fraction of sp³-hybridized carbons (Fsp3) is 0.571. The molecule has 2 N–H and O–H groups in total. The number of halogens is 1. The molecule has 5 heteroatoms. The van der Waals surface area contributed by atoms with E-state index >= 15 is 0 Å². The minimum Gasteiger partial charge on any atom is -0.476 e. The molecule has 4 nitrogen and oxygen atoms in total. The monoisotopic (exact) mass is 282 g/mol. The fourth-order valence-electron chi connectivity index (χ4n) is 2.51. The van der Waals surface area contributed by atoms with Gasteiger partial charge in [-0.15, -0.1) is 0 Å². The summed E-state index contributed by atoms with van der Waals surface area (Å²) in [4.78, 5) is 15.1. The Bertz CT molecular complexity index is 465. The second kappa shape index (κ2) is 6.24. The third kappa shape index (κ3) is 3.83. The molecular weight excluding hydrogens is 264 g/mol. The molecule has 1 aliphatic carbocycles. The first-order valence-electron chi connectivity index (χ1n) is 6.72. The average Bonchev–Trinajstić information content (AvgIpc) is 2.56. The van der Waals surface area contributed by atoms with Crippen LogP contribution < -0.4 is 5.32 Å². The van der Waals surface area contributed by atoms with E-state index in [9.17, 15) is 4.79 Å². The van der Waals surface area contributed by atoms with Gasteiger partial charge in [0.15, 0.2) is 5.69 Å². The number of nitrogens with zero attached hydrogens (tertiary/aromatic N) is 1. The summed E-state index contributed by atoms with van der Waals surface area (Å²) in [6.45, 7) is 2.28. The Morgan fingerprint density at radius 2 is 2.16 bits per heavy atom. The van der Waals surface area contributed by atoms with E-state index in [-0.39, 0.29) is 10.7 Å². The number of hydrogen-bond acceptors (Lipinski definition) is 3. The first kappa shape index (κ1) is 14.1. The molecule has 1 aliphatic rings. The van der Waals surface area contributed by atoms with Crippen molar-refractivity contribution in [2.24, 2.45) is 5.92 Å². The molecule has 1 aromatic heterocycles. The van der Waals surface area contributed by atoms with E-state index in [1.54, 1.807) is 12.1 Å². The summed E-state index contributed by atoms with van der Waals surface area (Å²) in [7, 11) is 0. The van der Waals surface area contributed by atoms with Gasteiger partial charge in [0.25, 0.3) is 0 Å². The summed E-state index contributed by atoms with van der Waals surface area (Å²) >= 11 is 5.81. The van der Waals surface area contributed by atoms with Gasteiger partial charge >= 0.3 is 5.97 Å². The smallest absolute Gasteiger partial charge is 0.356 e. The highest BCUT2D eigenvalue weighted by molar-refractivity contribution is 6.33. The van der Waals surface area contributed by atoms with Gasteiger partial charge in [-0.25, -0.2) is 9.78 Å². The number of pyridine rings is 1. The zero-order valence-corrected chi connectivity index (χ0v) is 11.8. The lowest BCUT2D eigenvalue weighted by atomic mass is 10.0. The molecule has 1 saturated carbocycles. The second-order valence-corrected chi connectivity index (χ2v) is 5.69. The predicted octanol–water partition coefficient (Wildman–Crippen LogP) is 3.81. The van der Waals surface area contributed by atoms with E-state index in [0.717, 1.165) is 18.8 Å². The number of hydrogen-bond donors (Lipinski definition) is 2. The fourth-order valence-corrected chi connectivity index (χ4v) is 2.70. The van der Waals surface area contributed by atoms with Crippen molar-refractivity contribution >= 4 is 23.4 Å². The van der Waals surface area contributed by atoms with Gasteiger partial charge in [-0.3, -0.25) is 0 Å². The average molecular weight is 283 g/mol. The second-order valence-electron chi connectivity index (χ2n) is 5.29. The summed E-state index contributed by atoms with van der Waals surface area (Å²) < 4.78 is 0. The summed E-state index contributed by atoms with van der Waals surface area (Å²) in [5.74, 6) is 0.282. The van der Waals surface area contributed by atoms with Gasteiger partial charge in [0, 0.05) is 6.04 Å². The molecule has 1 fully saturated rings. The quantitative estimate of drug-likeness (QED) is 0.828. The number of aromatic carboxylic acids is 1.